The van der Waals surface area contributed by atoms with Crippen molar-refractivity contribution in [1.82, 2.24) is 5.32 Å². The molecule has 3 heteroatoms. The monoisotopic (exact) mass is 215 g/mol. The quantitative estimate of drug-likeness (QED) is 0.737. The molecule has 0 aromatic carbocycles. The first-order valence-corrected chi connectivity index (χ1v) is 6.26. The maximum Gasteiger partial charge on any atom is 0.158 e. The standard InChI is InChI=1S/C12H25NO2/c1-4-10(13-3)11(5-2)15-12-8-6-7-9-14-12/h10-13H,4-9H2,1-3H3/t10-,11?,12?/m0/s1. The van der Waals surface area contributed by atoms with Crippen LogP contribution in [0.2, 0.25) is 0 Å². The lowest BCUT2D eigenvalue weighted by molar-refractivity contribution is -0.194. The highest BCUT2D eigenvalue weighted by Gasteiger charge is 2.23. The minimum atomic E-state index is 0.0334. The second-order valence-corrected chi connectivity index (χ2v) is 4.18. The number of hydrogen-bond acceptors (Lipinski definition) is 3. The number of ether oxygens (including phenoxy) is 2. The Morgan fingerprint density at radius 3 is 2.60 bits per heavy atom. The van der Waals surface area contributed by atoms with Crippen LogP contribution in [0.4, 0.5) is 0 Å². The summed E-state index contributed by atoms with van der Waals surface area (Å²) >= 11 is 0. The third-order valence-electron chi connectivity index (χ3n) is 3.13. The van der Waals surface area contributed by atoms with E-state index in [1.165, 1.54) is 12.8 Å². The molecule has 0 radical (unpaired) electrons. The van der Waals surface area contributed by atoms with Gasteiger partial charge in [-0.1, -0.05) is 13.8 Å². The second-order valence-electron chi connectivity index (χ2n) is 4.18. The van der Waals surface area contributed by atoms with Crippen LogP contribution < -0.4 is 5.32 Å². The van der Waals surface area contributed by atoms with E-state index in [-0.39, 0.29) is 12.4 Å². The molecule has 0 aliphatic carbocycles. The SMILES string of the molecule is CCC(OC1CCCCO1)[C@H](CC)NC. The van der Waals surface area contributed by atoms with E-state index in [0.717, 1.165) is 25.9 Å². The lowest BCUT2D eigenvalue weighted by Gasteiger charge is -2.31. The van der Waals surface area contributed by atoms with Gasteiger partial charge in [0.15, 0.2) is 6.29 Å². The molecule has 1 rings (SSSR count). The average molecular weight is 215 g/mol. The molecule has 0 aromatic rings. The molecule has 90 valence electrons. The Labute approximate surface area is 93.5 Å². The van der Waals surface area contributed by atoms with Crippen LogP contribution in [-0.4, -0.2) is 32.1 Å². The van der Waals surface area contributed by atoms with Crippen molar-refractivity contribution in [1.29, 1.82) is 0 Å². The normalized spacial score (nSPS) is 26.2. The molecule has 0 spiro atoms. The van der Waals surface area contributed by atoms with Crippen molar-refractivity contribution in [2.75, 3.05) is 13.7 Å². The van der Waals surface area contributed by atoms with Gasteiger partial charge in [0, 0.05) is 12.6 Å². The van der Waals surface area contributed by atoms with Crippen LogP contribution in [0, 0.1) is 0 Å². The van der Waals surface area contributed by atoms with Crippen molar-refractivity contribution in [3.8, 4) is 0 Å². The van der Waals surface area contributed by atoms with E-state index < -0.39 is 0 Å². The smallest absolute Gasteiger partial charge is 0.158 e. The van der Waals surface area contributed by atoms with Crippen LogP contribution in [0.25, 0.3) is 0 Å². The van der Waals surface area contributed by atoms with Gasteiger partial charge in [0.25, 0.3) is 0 Å². The first-order chi connectivity index (χ1) is 7.31. The van der Waals surface area contributed by atoms with Gasteiger partial charge in [-0.15, -0.1) is 0 Å². The van der Waals surface area contributed by atoms with Crippen molar-refractivity contribution in [3.05, 3.63) is 0 Å². The van der Waals surface area contributed by atoms with Crippen LogP contribution in [0.3, 0.4) is 0 Å². The van der Waals surface area contributed by atoms with Gasteiger partial charge in [0.2, 0.25) is 0 Å². The Morgan fingerprint density at radius 2 is 2.13 bits per heavy atom. The molecule has 15 heavy (non-hydrogen) atoms. The summed E-state index contributed by atoms with van der Waals surface area (Å²) in [6.45, 7) is 5.22. The molecule has 0 bridgehead atoms. The third-order valence-corrected chi connectivity index (χ3v) is 3.13. The topological polar surface area (TPSA) is 30.5 Å². The lowest BCUT2D eigenvalue weighted by Crippen LogP contribution is -2.41. The zero-order valence-corrected chi connectivity index (χ0v) is 10.3. The summed E-state index contributed by atoms with van der Waals surface area (Å²) in [5.41, 5.74) is 0. The van der Waals surface area contributed by atoms with Crippen molar-refractivity contribution in [2.24, 2.45) is 0 Å². The molecular weight excluding hydrogens is 190 g/mol. The number of nitrogens with one attached hydrogen (secondary N) is 1. The molecule has 2 unspecified atom stereocenters. The lowest BCUT2D eigenvalue weighted by atomic mass is 10.1. The Bertz CT molecular complexity index is 154. The Kier molecular flexibility index (Phi) is 6.22. The molecule has 3 atom stereocenters. The summed E-state index contributed by atoms with van der Waals surface area (Å²) in [5, 5.41) is 3.31. The summed E-state index contributed by atoms with van der Waals surface area (Å²) in [6.07, 6.45) is 5.92. The average Bonchev–Trinajstić information content (AvgIpc) is 2.30. The summed E-state index contributed by atoms with van der Waals surface area (Å²) in [5.74, 6) is 0. The first-order valence-electron chi connectivity index (χ1n) is 6.26. The predicted molar refractivity (Wildman–Crippen MR) is 61.9 cm³/mol. The van der Waals surface area contributed by atoms with Gasteiger partial charge >= 0.3 is 0 Å². The molecule has 1 heterocycles. The number of rotatable bonds is 6. The van der Waals surface area contributed by atoms with E-state index in [0.29, 0.717) is 6.04 Å². The maximum absolute atomic E-state index is 6.00. The van der Waals surface area contributed by atoms with Crippen LogP contribution in [0.1, 0.15) is 46.0 Å². The van der Waals surface area contributed by atoms with Gasteiger partial charge in [-0.3, -0.25) is 0 Å². The fourth-order valence-corrected chi connectivity index (χ4v) is 2.14. The van der Waals surface area contributed by atoms with Crippen LogP contribution >= 0.6 is 0 Å². The van der Waals surface area contributed by atoms with Crippen LogP contribution in [0.5, 0.6) is 0 Å². The predicted octanol–water partition coefficient (Wildman–Crippen LogP) is 2.31. The van der Waals surface area contributed by atoms with Gasteiger partial charge < -0.3 is 14.8 Å². The summed E-state index contributed by atoms with van der Waals surface area (Å²) in [6, 6.07) is 0.445. The van der Waals surface area contributed by atoms with E-state index in [1.54, 1.807) is 0 Å². The van der Waals surface area contributed by atoms with Crippen molar-refractivity contribution in [3.63, 3.8) is 0 Å². The van der Waals surface area contributed by atoms with Gasteiger partial charge in [-0.2, -0.15) is 0 Å². The Balaban J connectivity index is 2.36. The summed E-state index contributed by atoms with van der Waals surface area (Å²) in [4.78, 5) is 0. The third kappa shape index (κ3) is 4.09. The molecule has 1 fully saturated rings. The maximum atomic E-state index is 6.00. The minimum absolute atomic E-state index is 0.0334. The van der Waals surface area contributed by atoms with Crippen molar-refractivity contribution < 1.29 is 9.47 Å². The fourth-order valence-electron chi connectivity index (χ4n) is 2.14. The highest BCUT2D eigenvalue weighted by molar-refractivity contribution is 4.74. The van der Waals surface area contributed by atoms with Gasteiger partial charge in [-0.05, 0) is 39.2 Å². The highest BCUT2D eigenvalue weighted by atomic mass is 16.7. The van der Waals surface area contributed by atoms with Crippen LogP contribution in [0.15, 0.2) is 0 Å². The Hall–Kier alpha value is -0.120. The van der Waals surface area contributed by atoms with Crippen molar-refractivity contribution >= 4 is 0 Å². The fraction of sp³-hybridized carbons (Fsp3) is 1.00. The number of hydrogen-bond donors (Lipinski definition) is 1. The molecule has 1 saturated heterocycles. The molecule has 0 aromatic heterocycles. The highest BCUT2D eigenvalue weighted by Crippen LogP contribution is 2.18. The van der Waals surface area contributed by atoms with Gasteiger partial charge in [0.05, 0.1) is 6.10 Å². The van der Waals surface area contributed by atoms with E-state index in [4.69, 9.17) is 9.47 Å². The van der Waals surface area contributed by atoms with E-state index in [1.807, 2.05) is 7.05 Å². The van der Waals surface area contributed by atoms with Gasteiger partial charge in [0.1, 0.15) is 0 Å². The largest absolute Gasteiger partial charge is 0.353 e. The molecule has 1 N–H and O–H groups in total. The van der Waals surface area contributed by atoms with Gasteiger partial charge in [-0.25, -0.2) is 0 Å². The first kappa shape index (κ1) is 12.9. The molecular formula is C12H25NO2. The van der Waals surface area contributed by atoms with E-state index in [9.17, 15) is 0 Å². The Morgan fingerprint density at radius 1 is 1.33 bits per heavy atom. The van der Waals surface area contributed by atoms with Crippen molar-refractivity contribution in [2.45, 2.75) is 64.4 Å². The van der Waals surface area contributed by atoms with Crippen LogP contribution in [-0.2, 0) is 9.47 Å². The van der Waals surface area contributed by atoms with E-state index in [2.05, 4.69) is 19.2 Å². The molecule has 1 aliphatic rings. The second kappa shape index (κ2) is 7.20. The zero-order chi connectivity index (χ0) is 11.1. The molecule has 0 saturated carbocycles. The molecule has 1 aliphatic heterocycles. The zero-order valence-electron chi connectivity index (χ0n) is 10.3. The molecule has 0 amide bonds. The minimum Gasteiger partial charge on any atom is -0.353 e. The molecule has 3 nitrogen and oxygen atoms in total. The summed E-state index contributed by atoms with van der Waals surface area (Å²) < 4.78 is 11.6. The van der Waals surface area contributed by atoms with E-state index >= 15 is 0 Å². The summed E-state index contributed by atoms with van der Waals surface area (Å²) in [7, 11) is 2.00. The number of likely N-dealkylation sites (N-methyl/N-ethyl adjacent to an activating group) is 1.